The van der Waals surface area contributed by atoms with E-state index in [1.54, 1.807) is 17.2 Å². The van der Waals surface area contributed by atoms with E-state index in [1.807, 2.05) is 24.3 Å². The second kappa shape index (κ2) is 7.18. The highest BCUT2D eigenvalue weighted by Gasteiger charge is 2.24. The molecule has 26 heavy (non-hydrogen) atoms. The van der Waals surface area contributed by atoms with Crippen LogP contribution in [0.4, 0.5) is 17.5 Å². The van der Waals surface area contributed by atoms with Crippen molar-refractivity contribution in [2.45, 2.75) is 0 Å². The SMILES string of the molecule is O=C(c1ccno1)N1CCN(c2cc(Nc3ccccn3)ncn2)CC1. The maximum atomic E-state index is 12.3. The van der Waals surface area contributed by atoms with Crippen molar-refractivity contribution in [3.05, 3.63) is 54.8 Å². The van der Waals surface area contributed by atoms with E-state index < -0.39 is 0 Å². The molecule has 1 aliphatic rings. The number of rotatable bonds is 4. The summed E-state index contributed by atoms with van der Waals surface area (Å²) in [5, 5.41) is 6.74. The molecule has 3 aromatic rings. The molecule has 0 saturated carbocycles. The monoisotopic (exact) mass is 351 g/mol. The van der Waals surface area contributed by atoms with Crippen LogP contribution in [-0.4, -0.2) is 57.1 Å². The van der Waals surface area contributed by atoms with Crippen molar-refractivity contribution in [1.29, 1.82) is 0 Å². The summed E-state index contributed by atoms with van der Waals surface area (Å²) in [4.78, 5) is 29.0. The van der Waals surface area contributed by atoms with E-state index in [4.69, 9.17) is 4.52 Å². The van der Waals surface area contributed by atoms with Gasteiger partial charge in [0.1, 0.15) is 23.8 Å². The Kier molecular flexibility index (Phi) is 4.42. The molecule has 1 fully saturated rings. The molecule has 4 heterocycles. The highest BCUT2D eigenvalue weighted by molar-refractivity contribution is 5.91. The number of pyridine rings is 1. The van der Waals surface area contributed by atoms with E-state index in [0.29, 0.717) is 32.0 Å². The van der Waals surface area contributed by atoms with Crippen LogP contribution < -0.4 is 10.2 Å². The van der Waals surface area contributed by atoms with Gasteiger partial charge in [0.2, 0.25) is 5.76 Å². The van der Waals surface area contributed by atoms with E-state index in [2.05, 4.69) is 30.3 Å². The van der Waals surface area contributed by atoms with Crippen molar-refractivity contribution in [3.8, 4) is 0 Å². The molecule has 1 saturated heterocycles. The van der Waals surface area contributed by atoms with Gasteiger partial charge in [-0.2, -0.15) is 0 Å². The number of carbonyl (C=O) groups is 1. The molecule has 3 aromatic heterocycles. The molecule has 0 spiro atoms. The fourth-order valence-electron chi connectivity index (χ4n) is 2.78. The molecule has 0 atom stereocenters. The zero-order chi connectivity index (χ0) is 17.8. The lowest BCUT2D eigenvalue weighted by Crippen LogP contribution is -2.49. The van der Waals surface area contributed by atoms with Gasteiger partial charge in [0.25, 0.3) is 5.91 Å². The molecule has 0 aliphatic carbocycles. The van der Waals surface area contributed by atoms with Crippen LogP contribution in [0.2, 0.25) is 0 Å². The van der Waals surface area contributed by atoms with Crippen LogP contribution in [0.15, 0.2) is 53.6 Å². The number of nitrogens with one attached hydrogen (secondary N) is 1. The fraction of sp³-hybridized carbons (Fsp3) is 0.235. The van der Waals surface area contributed by atoms with Crippen LogP contribution in [0, 0.1) is 0 Å². The second-order valence-corrected chi connectivity index (χ2v) is 5.76. The Morgan fingerprint density at radius 2 is 1.88 bits per heavy atom. The van der Waals surface area contributed by atoms with Gasteiger partial charge < -0.3 is 19.6 Å². The van der Waals surface area contributed by atoms with Crippen molar-refractivity contribution >= 4 is 23.4 Å². The van der Waals surface area contributed by atoms with Gasteiger partial charge >= 0.3 is 0 Å². The average Bonchev–Trinajstić information content (AvgIpc) is 3.23. The normalized spacial score (nSPS) is 14.3. The smallest absolute Gasteiger partial charge is 0.292 e. The maximum absolute atomic E-state index is 12.3. The minimum Gasteiger partial charge on any atom is -0.353 e. The van der Waals surface area contributed by atoms with Crippen LogP contribution in [0.25, 0.3) is 0 Å². The van der Waals surface area contributed by atoms with Crippen LogP contribution in [0.5, 0.6) is 0 Å². The summed E-state index contributed by atoms with van der Waals surface area (Å²) in [5.41, 5.74) is 0. The molecule has 0 unspecified atom stereocenters. The van der Waals surface area contributed by atoms with Crippen LogP contribution in [0.1, 0.15) is 10.6 Å². The lowest BCUT2D eigenvalue weighted by molar-refractivity contribution is 0.0704. The summed E-state index contributed by atoms with van der Waals surface area (Å²) in [6, 6.07) is 9.09. The van der Waals surface area contributed by atoms with Gasteiger partial charge in [0, 0.05) is 44.5 Å². The van der Waals surface area contributed by atoms with Crippen LogP contribution >= 0.6 is 0 Å². The third-order valence-electron chi connectivity index (χ3n) is 4.11. The average molecular weight is 351 g/mol. The Hall–Kier alpha value is -3.49. The maximum Gasteiger partial charge on any atom is 0.292 e. The Labute approximate surface area is 149 Å². The Balaban J connectivity index is 1.40. The van der Waals surface area contributed by atoms with E-state index in [-0.39, 0.29) is 11.7 Å². The van der Waals surface area contributed by atoms with E-state index >= 15 is 0 Å². The van der Waals surface area contributed by atoms with Gasteiger partial charge in [-0.15, -0.1) is 0 Å². The number of anilines is 3. The second-order valence-electron chi connectivity index (χ2n) is 5.76. The summed E-state index contributed by atoms with van der Waals surface area (Å²) in [6.45, 7) is 2.54. The summed E-state index contributed by atoms with van der Waals surface area (Å²) in [6.07, 6.45) is 4.71. The lowest BCUT2D eigenvalue weighted by Gasteiger charge is -2.34. The van der Waals surface area contributed by atoms with Gasteiger partial charge in [-0.1, -0.05) is 11.2 Å². The summed E-state index contributed by atoms with van der Waals surface area (Å²) >= 11 is 0. The molecule has 1 aliphatic heterocycles. The molecule has 4 rings (SSSR count). The van der Waals surface area contributed by atoms with Gasteiger partial charge in [-0.25, -0.2) is 15.0 Å². The molecular weight excluding hydrogens is 334 g/mol. The van der Waals surface area contributed by atoms with Crippen molar-refractivity contribution in [1.82, 2.24) is 25.0 Å². The van der Waals surface area contributed by atoms with Crippen molar-refractivity contribution in [3.63, 3.8) is 0 Å². The van der Waals surface area contributed by atoms with Crippen molar-refractivity contribution < 1.29 is 9.32 Å². The number of piperazine rings is 1. The van der Waals surface area contributed by atoms with Gasteiger partial charge in [0.05, 0.1) is 6.20 Å². The lowest BCUT2D eigenvalue weighted by atomic mass is 10.3. The Morgan fingerprint density at radius 3 is 2.62 bits per heavy atom. The van der Waals surface area contributed by atoms with Crippen LogP contribution in [-0.2, 0) is 0 Å². The molecule has 132 valence electrons. The predicted molar refractivity (Wildman–Crippen MR) is 94.2 cm³/mol. The molecule has 0 radical (unpaired) electrons. The topological polar surface area (TPSA) is 100 Å². The zero-order valence-electron chi connectivity index (χ0n) is 13.9. The predicted octanol–water partition coefficient (Wildman–Crippen LogP) is 1.57. The Morgan fingerprint density at radius 1 is 1.00 bits per heavy atom. The highest BCUT2D eigenvalue weighted by atomic mass is 16.5. The third-order valence-corrected chi connectivity index (χ3v) is 4.11. The number of aromatic nitrogens is 4. The van der Waals surface area contributed by atoms with E-state index in [9.17, 15) is 4.79 Å². The van der Waals surface area contributed by atoms with Gasteiger partial charge in [-0.3, -0.25) is 4.79 Å². The fourth-order valence-corrected chi connectivity index (χ4v) is 2.78. The molecule has 9 heteroatoms. The van der Waals surface area contributed by atoms with E-state index in [1.165, 1.54) is 12.5 Å². The molecule has 1 N–H and O–H groups in total. The number of hydrogen-bond donors (Lipinski definition) is 1. The first-order chi connectivity index (χ1) is 12.8. The summed E-state index contributed by atoms with van der Waals surface area (Å²) < 4.78 is 4.94. The molecular formula is C17H17N7O2. The minimum absolute atomic E-state index is 0.137. The minimum atomic E-state index is -0.137. The quantitative estimate of drug-likeness (QED) is 0.756. The number of hydrogen-bond acceptors (Lipinski definition) is 8. The van der Waals surface area contributed by atoms with Gasteiger partial charge in [-0.05, 0) is 12.1 Å². The highest BCUT2D eigenvalue weighted by Crippen LogP contribution is 2.19. The van der Waals surface area contributed by atoms with Gasteiger partial charge in [0.15, 0.2) is 0 Å². The largest absolute Gasteiger partial charge is 0.353 e. The first kappa shape index (κ1) is 16.0. The number of amides is 1. The molecule has 0 bridgehead atoms. The summed E-state index contributed by atoms with van der Waals surface area (Å²) in [5.74, 6) is 2.34. The molecule has 0 aromatic carbocycles. The van der Waals surface area contributed by atoms with Crippen molar-refractivity contribution in [2.24, 2.45) is 0 Å². The molecule has 9 nitrogen and oxygen atoms in total. The molecule has 1 amide bonds. The van der Waals surface area contributed by atoms with E-state index in [0.717, 1.165) is 11.6 Å². The Bertz CT molecular complexity index is 862. The first-order valence-electron chi connectivity index (χ1n) is 8.24. The standard InChI is InChI=1S/C17H17N7O2/c25-17(13-4-6-21-26-13)24-9-7-23(8-10-24)16-11-15(19-12-20-16)22-14-3-1-2-5-18-14/h1-6,11-12H,7-10H2,(H,18,19,20,22). The number of carbonyl (C=O) groups excluding carboxylic acids is 1. The number of nitrogens with zero attached hydrogens (tertiary/aromatic N) is 6. The first-order valence-corrected chi connectivity index (χ1v) is 8.24. The zero-order valence-corrected chi connectivity index (χ0v) is 13.9. The van der Waals surface area contributed by atoms with Crippen LogP contribution in [0.3, 0.4) is 0 Å². The summed E-state index contributed by atoms with van der Waals surface area (Å²) in [7, 11) is 0. The third kappa shape index (κ3) is 3.46. The van der Waals surface area contributed by atoms with Crippen molar-refractivity contribution in [2.75, 3.05) is 36.4 Å².